The fourth-order valence-corrected chi connectivity index (χ4v) is 3.57. The first kappa shape index (κ1) is 25.2. The summed E-state index contributed by atoms with van der Waals surface area (Å²) in [5, 5.41) is 14.5. The number of nitro groups is 1. The van der Waals surface area contributed by atoms with E-state index in [9.17, 15) is 24.5 Å². The average Bonchev–Trinajstić information content (AvgIpc) is 2.83. The van der Waals surface area contributed by atoms with Crippen molar-refractivity contribution in [3.05, 3.63) is 90.6 Å². The second kappa shape index (κ2) is 11.1. The Kier molecular flexibility index (Phi) is 8.00. The number of anilines is 3. The fraction of sp³-hybridized carbons (Fsp3) is 0.261. The van der Waals surface area contributed by atoms with E-state index in [4.69, 9.17) is 10.5 Å². The summed E-state index contributed by atoms with van der Waals surface area (Å²) < 4.78 is 6.11. The monoisotopic (exact) mass is 482 g/mol. The molecule has 0 unspecified atom stereocenters. The predicted octanol–water partition coefficient (Wildman–Crippen LogP) is 1.95. The minimum atomic E-state index is -0.857. The topological polar surface area (TPSA) is 166 Å². The molecular formula is C23H26N6O6. The van der Waals surface area contributed by atoms with Crippen LogP contribution in [0.5, 0.6) is 0 Å². The van der Waals surface area contributed by atoms with Gasteiger partial charge in [0.05, 0.1) is 24.6 Å². The van der Waals surface area contributed by atoms with Gasteiger partial charge in [-0.2, -0.15) is 0 Å². The smallest absolute Gasteiger partial charge is 0.330 e. The molecule has 184 valence electrons. The first-order chi connectivity index (χ1) is 16.8. The van der Waals surface area contributed by atoms with Gasteiger partial charge in [0.25, 0.3) is 17.2 Å². The van der Waals surface area contributed by atoms with Crippen LogP contribution in [0, 0.1) is 10.1 Å². The van der Waals surface area contributed by atoms with E-state index in [2.05, 4.69) is 10.3 Å². The van der Waals surface area contributed by atoms with Gasteiger partial charge in [0.2, 0.25) is 0 Å². The molecule has 4 N–H and O–H groups in total. The molecule has 0 saturated carbocycles. The van der Waals surface area contributed by atoms with Crippen LogP contribution >= 0.6 is 0 Å². The van der Waals surface area contributed by atoms with E-state index in [-0.39, 0.29) is 48.1 Å². The second-order valence-corrected chi connectivity index (χ2v) is 7.53. The summed E-state index contributed by atoms with van der Waals surface area (Å²) in [5.41, 5.74) is 4.99. The summed E-state index contributed by atoms with van der Waals surface area (Å²) in [6, 6.07) is 12.8. The highest BCUT2D eigenvalue weighted by Gasteiger charge is 2.27. The predicted molar refractivity (Wildman–Crippen MR) is 132 cm³/mol. The Morgan fingerprint density at radius 3 is 2.57 bits per heavy atom. The third-order valence-electron chi connectivity index (χ3n) is 5.24. The molecule has 0 atom stereocenters. The minimum Gasteiger partial charge on any atom is -0.383 e. The molecule has 0 fully saturated rings. The molecule has 0 aliphatic carbocycles. The Hall–Kier alpha value is -4.45. The van der Waals surface area contributed by atoms with Crippen LogP contribution in [0.2, 0.25) is 0 Å². The number of methoxy groups -OCH3 is 1. The van der Waals surface area contributed by atoms with Crippen LogP contribution in [0.3, 0.4) is 0 Å². The summed E-state index contributed by atoms with van der Waals surface area (Å²) in [6.07, 6.45) is 0. The van der Waals surface area contributed by atoms with Crippen molar-refractivity contribution >= 4 is 28.8 Å². The van der Waals surface area contributed by atoms with Gasteiger partial charge in [-0.15, -0.1) is 0 Å². The number of nitrogen functional groups attached to an aromatic ring is 1. The van der Waals surface area contributed by atoms with Gasteiger partial charge in [-0.05, 0) is 24.6 Å². The number of aromatic amines is 1. The number of nitrogens with two attached hydrogens (primary N) is 1. The Bertz CT molecular complexity index is 1330. The Morgan fingerprint density at radius 2 is 1.94 bits per heavy atom. The molecule has 12 nitrogen and oxygen atoms in total. The van der Waals surface area contributed by atoms with E-state index < -0.39 is 22.1 Å². The number of hydrogen-bond acceptors (Lipinski definition) is 8. The van der Waals surface area contributed by atoms with Crippen molar-refractivity contribution in [2.75, 3.05) is 36.2 Å². The van der Waals surface area contributed by atoms with Crippen molar-refractivity contribution in [1.29, 1.82) is 0 Å². The molecule has 12 heteroatoms. The van der Waals surface area contributed by atoms with Crippen LogP contribution in [0.15, 0.2) is 58.1 Å². The minimum absolute atomic E-state index is 0.0253. The lowest BCUT2D eigenvalue weighted by atomic mass is 10.1. The summed E-state index contributed by atoms with van der Waals surface area (Å²) in [6.45, 7) is 2.35. The molecule has 3 rings (SSSR count). The van der Waals surface area contributed by atoms with Gasteiger partial charge in [-0.1, -0.05) is 30.3 Å². The number of carbonyl (C=O) groups excluding carboxylic acids is 1. The van der Waals surface area contributed by atoms with Crippen molar-refractivity contribution < 1.29 is 14.5 Å². The molecule has 0 aliphatic heterocycles. The number of amides is 1. The normalized spacial score (nSPS) is 10.7. The van der Waals surface area contributed by atoms with Crippen LogP contribution in [-0.4, -0.2) is 40.6 Å². The molecule has 3 aromatic rings. The molecule has 0 spiro atoms. The number of H-pyrrole nitrogens is 1. The maximum absolute atomic E-state index is 13.7. The Morgan fingerprint density at radius 1 is 1.23 bits per heavy atom. The van der Waals surface area contributed by atoms with Crippen LogP contribution in [-0.2, 0) is 17.8 Å². The van der Waals surface area contributed by atoms with Crippen molar-refractivity contribution in [3.63, 3.8) is 0 Å². The van der Waals surface area contributed by atoms with Gasteiger partial charge in [-0.25, -0.2) is 4.79 Å². The average molecular weight is 482 g/mol. The third-order valence-corrected chi connectivity index (χ3v) is 5.24. The second-order valence-electron chi connectivity index (χ2n) is 7.53. The molecule has 35 heavy (non-hydrogen) atoms. The highest BCUT2D eigenvalue weighted by atomic mass is 16.6. The van der Waals surface area contributed by atoms with Gasteiger partial charge >= 0.3 is 5.69 Å². The number of hydrogen-bond donors (Lipinski definition) is 3. The zero-order chi connectivity index (χ0) is 25.5. The van der Waals surface area contributed by atoms with Gasteiger partial charge in [0, 0.05) is 25.3 Å². The molecule has 0 bridgehead atoms. The van der Waals surface area contributed by atoms with Gasteiger partial charge in [-0.3, -0.25) is 34.2 Å². The molecule has 2 aromatic carbocycles. The summed E-state index contributed by atoms with van der Waals surface area (Å²) in [7, 11) is 1.45. The summed E-state index contributed by atoms with van der Waals surface area (Å²) in [4.78, 5) is 53.2. The number of benzene rings is 2. The SMILES string of the molecule is CCNc1ccc(C(=O)N(Cc2ccccc2)c2c(N)n(CCOC)c(=O)[nH]c2=O)cc1[N+](=O)[O-]. The molecule has 0 saturated heterocycles. The number of nitro benzene ring substituents is 1. The third kappa shape index (κ3) is 5.55. The van der Waals surface area contributed by atoms with Gasteiger partial charge in [0.15, 0.2) is 5.69 Å². The highest BCUT2D eigenvalue weighted by molar-refractivity contribution is 6.07. The largest absolute Gasteiger partial charge is 0.383 e. The zero-order valence-electron chi connectivity index (χ0n) is 19.3. The van der Waals surface area contributed by atoms with Crippen LogP contribution < -0.4 is 27.2 Å². The quantitative estimate of drug-likeness (QED) is 0.291. The van der Waals surface area contributed by atoms with Crippen molar-refractivity contribution in [2.24, 2.45) is 0 Å². The molecule has 1 aromatic heterocycles. The maximum atomic E-state index is 13.7. The summed E-state index contributed by atoms with van der Waals surface area (Å²) in [5.74, 6) is -0.923. The van der Waals surface area contributed by atoms with Crippen LogP contribution in [0.25, 0.3) is 0 Å². The first-order valence-electron chi connectivity index (χ1n) is 10.8. The Balaban J connectivity index is 2.18. The number of nitrogens with zero attached hydrogens (tertiary/aromatic N) is 3. The van der Waals surface area contributed by atoms with E-state index >= 15 is 0 Å². The van der Waals surface area contributed by atoms with Crippen LogP contribution in [0.4, 0.5) is 22.9 Å². The lowest BCUT2D eigenvalue weighted by Crippen LogP contribution is -2.41. The maximum Gasteiger partial charge on any atom is 0.330 e. The highest BCUT2D eigenvalue weighted by Crippen LogP contribution is 2.28. The molecule has 0 radical (unpaired) electrons. The lowest BCUT2D eigenvalue weighted by Gasteiger charge is -2.25. The van der Waals surface area contributed by atoms with Crippen LogP contribution in [0.1, 0.15) is 22.8 Å². The van der Waals surface area contributed by atoms with E-state index in [0.29, 0.717) is 12.1 Å². The first-order valence-corrected chi connectivity index (χ1v) is 10.8. The number of aromatic nitrogens is 2. The zero-order valence-corrected chi connectivity index (χ0v) is 19.3. The number of carbonyl (C=O) groups is 1. The molecule has 1 amide bonds. The number of ether oxygens (including phenoxy) is 1. The fourth-order valence-electron chi connectivity index (χ4n) is 3.57. The number of rotatable bonds is 10. The van der Waals surface area contributed by atoms with Gasteiger partial charge in [0.1, 0.15) is 11.5 Å². The lowest BCUT2D eigenvalue weighted by molar-refractivity contribution is -0.384. The van der Waals surface area contributed by atoms with Crippen molar-refractivity contribution in [1.82, 2.24) is 9.55 Å². The van der Waals surface area contributed by atoms with E-state index in [1.807, 2.05) is 0 Å². The summed E-state index contributed by atoms with van der Waals surface area (Å²) >= 11 is 0. The molecular weight excluding hydrogens is 456 g/mol. The van der Waals surface area contributed by atoms with E-state index in [1.165, 1.54) is 19.2 Å². The van der Waals surface area contributed by atoms with Crippen molar-refractivity contribution in [2.45, 2.75) is 20.0 Å². The standard InChI is InChI=1S/C23H26N6O6/c1-3-25-17-10-9-16(13-18(17)29(33)34)22(31)28(14-15-7-5-4-6-8-15)19-20(24)27(11-12-35-2)23(32)26-21(19)30/h4-10,13,25H,3,11-12,14,24H2,1-2H3,(H,26,30,32). The Labute approximate surface area is 200 Å². The molecule has 0 aliphatic rings. The van der Waals surface area contributed by atoms with E-state index in [1.54, 1.807) is 37.3 Å². The van der Waals surface area contributed by atoms with Gasteiger partial charge < -0.3 is 15.8 Å². The van der Waals surface area contributed by atoms with Crippen molar-refractivity contribution in [3.8, 4) is 0 Å². The van der Waals surface area contributed by atoms with E-state index in [0.717, 1.165) is 15.5 Å². The molecule has 1 heterocycles. The number of nitrogens with one attached hydrogen (secondary N) is 2.